The standard InChI is InChI=1S/C16H14N2O2/c1-2-20-16(19)13(11-17)15-10-6-9-14(18-15)12-7-4-3-5-8-12/h3-10,18H,2H2,1H3/b15-13+. The minimum absolute atomic E-state index is 0.0235. The molecule has 4 heteroatoms. The van der Waals surface area contributed by atoms with E-state index in [4.69, 9.17) is 10.00 Å². The van der Waals surface area contributed by atoms with Crippen LogP contribution in [0.1, 0.15) is 12.5 Å². The quantitative estimate of drug-likeness (QED) is 0.519. The number of hydrogen-bond donors (Lipinski definition) is 1. The topological polar surface area (TPSA) is 62.1 Å². The Bertz CT molecular complexity index is 634. The van der Waals surface area contributed by atoms with Gasteiger partial charge in [-0.05, 0) is 24.6 Å². The first kappa shape index (κ1) is 13.6. The maximum Gasteiger partial charge on any atom is 0.351 e. The number of dihydropyridines is 1. The van der Waals surface area contributed by atoms with Crippen molar-refractivity contribution in [3.8, 4) is 6.07 Å². The van der Waals surface area contributed by atoms with Crippen molar-refractivity contribution in [2.75, 3.05) is 6.61 Å². The van der Waals surface area contributed by atoms with Gasteiger partial charge in [-0.2, -0.15) is 5.26 Å². The number of benzene rings is 1. The fourth-order valence-corrected chi connectivity index (χ4v) is 1.82. The van der Waals surface area contributed by atoms with Crippen molar-refractivity contribution in [3.63, 3.8) is 0 Å². The van der Waals surface area contributed by atoms with E-state index in [2.05, 4.69) is 5.32 Å². The smallest absolute Gasteiger partial charge is 0.351 e. The number of nitrogens with one attached hydrogen (secondary N) is 1. The van der Waals surface area contributed by atoms with E-state index in [9.17, 15) is 4.79 Å². The molecule has 0 saturated carbocycles. The molecule has 0 atom stereocenters. The number of allylic oxidation sites excluding steroid dienone is 3. The largest absolute Gasteiger partial charge is 0.462 e. The number of carbonyl (C=O) groups excluding carboxylic acids is 1. The molecule has 1 N–H and O–H groups in total. The highest BCUT2D eigenvalue weighted by atomic mass is 16.5. The Morgan fingerprint density at radius 1 is 1.35 bits per heavy atom. The van der Waals surface area contributed by atoms with Crippen molar-refractivity contribution in [1.29, 1.82) is 5.26 Å². The summed E-state index contributed by atoms with van der Waals surface area (Å²) in [5, 5.41) is 12.2. The normalized spacial score (nSPS) is 15.7. The second-order valence-electron chi connectivity index (χ2n) is 4.05. The second-order valence-corrected chi connectivity index (χ2v) is 4.05. The highest BCUT2D eigenvalue weighted by Gasteiger charge is 2.17. The lowest BCUT2D eigenvalue weighted by atomic mass is 10.1. The Labute approximate surface area is 117 Å². The highest BCUT2D eigenvalue weighted by molar-refractivity contribution is 5.94. The number of esters is 1. The molecule has 100 valence electrons. The summed E-state index contributed by atoms with van der Waals surface area (Å²) in [5.74, 6) is -0.614. The monoisotopic (exact) mass is 266 g/mol. The zero-order chi connectivity index (χ0) is 14.4. The van der Waals surface area contributed by atoms with Gasteiger partial charge in [-0.3, -0.25) is 0 Å². The van der Waals surface area contributed by atoms with E-state index in [0.717, 1.165) is 11.3 Å². The third kappa shape index (κ3) is 2.96. The van der Waals surface area contributed by atoms with Gasteiger partial charge in [0.15, 0.2) is 5.57 Å². The van der Waals surface area contributed by atoms with Crippen molar-refractivity contribution in [2.24, 2.45) is 0 Å². The average molecular weight is 266 g/mol. The van der Waals surface area contributed by atoms with E-state index in [1.807, 2.05) is 42.5 Å². The molecule has 1 aliphatic heterocycles. The van der Waals surface area contributed by atoms with Gasteiger partial charge < -0.3 is 10.1 Å². The minimum atomic E-state index is -0.614. The van der Waals surface area contributed by atoms with Crippen LogP contribution in [0.5, 0.6) is 0 Å². The molecule has 1 aromatic carbocycles. The van der Waals surface area contributed by atoms with E-state index < -0.39 is 5.97 Å². The number of nitriles is 1. The van der Waals surface area contributed by atoms with Crippen LogP contribution in [0.2, 0.25) is 0 Å². The summed E-state index contributed by atoms with van der Waals surface area (Å²) in [7, 11) is 0. The van der Waals surface area contributed by atoms with Crippen LogP contribution in [-0.2, 0) is 9.53 Å². The fraction of sp³-hybridized carbons (Fsp3) is 0.125. The van der Waals surface area contributed by atoms with Crippen molar-refractivity contribution in [1.82, 2.24) is 5.32 Å². The number of carbonyl (C=O) groups is 1. The molecule has 4 nitrogen and oxygen atoms in total. The van der Waals surface area contributed by atoms with Gasteiger partial charge in [0.25, 0.3) is 0 Å². The molecule has 1 heterocycles. The SMILES string of the molecule is CCOC(=O)/C(C#N)=C1\C=CC=C(c2ccccc2)N1. The van der Waals surface area contributed by atoms with Gasteiger partial charge in [0, 0.05) is 5.70 Å². The van der Waals surface area contributed by atoms with Crippen LogP contribution in [0.25, 0.3) is 5.70 Å². The zero-order valence-electron chi connectivity index (χ0n) is 11.1. The lowest BCUT2D eigenvalue weighted by molar-refractivity contribution is -0.138. The number of ether oxygens (including phenoxy) is 1. The van der Waals surface area contributed by atoms with Crippen molar-refractivity contribution in [3.05, 3.63) is 65.4 Å². The van der Waals surface area contributed by atoms with E-state index in [1.54, 1.807) is 19.1 Å². The maximum atomic E-state index is 11.7. The first-order valence-corrected chi connectivity index (χ1v) is 6.28. The number of nitrogens with zero attached hydrogens (tertiary/aromatic N) is 1. The van der Waals surface area contributed by atoms with Crippen molar-refractivity contribution < 1.29 is 9.53 Å². The summed E-state index contributed by atoms with van der Waals surface area (Å²) < 4.78 is 4.88. The molecule has 2 rings (SSSR count). The minimum Gasteiger partial charge on any atom is -0.462 e. The fourth-order valence-electron chi connectivity index (χ4n) is 1.82. The molecule has 20 heavy (non-hydrogen) atoms. The first-order valence-electron chi connectivity index (χ1n) is 6.28. The number of rotatable bonds is 3. The van der Waals surface area contributed by atoms with E-state index in [1.165, 1.54) is 0 Å². The van der Waals surface area contributed by atoms with Crippen LogP contribution in [0.15, 0.2) is 59.8 Å². The first-order chi connectivity index (χ1) is 9.76. The third-order valence-corrected chi connectivity index (χ3v) is 2.74. The molecule has 0 aromatic heterocycles. The van der Waals surface area contributed by atoms with Crippen LogP contribution >= 0.6 is 0 Å². The van der Waals surface area contributed by atoms with Gasteiger partial charge in [-0.25, -0.2) is 4.79 Å². The Morgan fingerprint density at radius 3 is 2.75 bits per heavy atom. The molecule has 0 saturated heterocycles. The van der Waals surface area contributed by atoms with E-state index in [-0.39, 0.29) is 12.2 Å². The lowest BCUT2D eigenvalue weighted by Crippen LogP contribution is -2.19. The van der Waals surface area contributed by atoms with Gasteiger partial charge in [0.1, 0.15) is 6.07 Å². The molecule has 0 fully saturated rings. The molecule has 0 unspecified atom stereocenters. The van der Waals surface area contributed by atoms with Gasteiger partial charge >= 0.3 is 5.97 Å². The Kier molecular flexibility index (Phi) is 4.35. The molecule has 0 aliphatic carbocycles. The van der Waals surface area contributed by atoms with Gasteiger partial charge in [0.05, 0.1) is 12.3 Å². The summed E-state index contributed by atoms with van der Waals surface area (Å²) in [6.07, 6.45) is 5.37. The highest BCUT2D eigenvalue weighted by Crippen LogP contribution is 2.19. The Hall–Kier alpha value is -2.80. The molecule has 1 aromatic rings. The third-order valence-electron chi connectivity index (χ3n) is 2.74. The summed E-state index contributed by atoms with van der Waals surface area (Å²) in [5.41, 5.74) is 2.24. The molecule has 0 radical (unpaired) electrons. The van der Waals surface area contributed by atoms with Crippen LogP contribution < -0.4 is 5.32 Å². The van der Waals surface area contributed by atoms with E-state index >= 15 is 0 Å². The van der Waals surface area contributed by atoms with Crippen molar-refractivity contribution in [2.45, 2.75) is 6.92 Å². The second kappa shape index (κ2) is 6.39. The molecule has 0 spiro atoms. The van der Waals surface area contributed by atoms with Crippen LogP contribution in [0, 0.1) is 11.3 Å². The summed E-state index contributed by atoms with van der Waals surface area (Å²) in [6.45, 7) is 1.94. The predicted octanol–water partition coefficient (Wildman–Crippen LogP) is 2.53. The van der Waals surface area contributed by atoms with Crippen molar-refractivity contribution >= 4 is 11.7 Å². The number of hydrogen-bond acceptors (Lipinski definition) is 4. The molecule has 0 amide bonds. The van der Waals surface area contributed by atoms with Crippen LogP contribution in [0.3, 0.4) is 0 Å². The lowest BCUT2D eigenvalue weighted by Gasteiger charge is -2.16. The maximum absolute atomic E-state index is 11.7. The van der Waals surface area contributed by atoms with Gasteiger partial charge in [-0.1, -0.05) is 36.4 Å². The van der Waals surface area contributed by atoms with Crippen LogP contribution in [0.4, 0.5) is 0 Å². The molecule has 0 bridgehead atoms. The molecule has 1 aliphatic rings. The summed E-state index contributed by atoms with van der Waals surface area (Å²) in [4.78, 5) is 11.7. The van der Waals surface area contributed by atoms with E-state index in [0.29, 0.717) is 5.70 Å². The van der Waals surface area contributed by atoms with Crippen LogP contribution in [-0.4, -0.2) is 12.6 Å². The average Bonchev–Trinajstić information content (AvgIpc) is 2.49. The molecular formula is C16H14N2O2. The van der Waals surface area contributed by atoms with Gasteiger partial charge in [-0.15, -0.1) is 0 Å². The Morgan fingerprint density at radius 2 is 2.10 bits per heavy atom. The predicted molar refractivity (Wildman–Crippen MR) is 76.0 cm³/mol. The Balaban J connectivity index is 2.30. The molecular weight excluding hydrogens is 252 g/mol. The summed E-state index contributed by atoms with van der Waals surface area (Å²) >= 11 is 0. The summed E-state index contributed by atoms with van der Waals surface area (Å²) in [6, 6.07) is 11.6. The zero-order valence-corrected chi connectivity index (χ0v) is 11.1. The van der Waals surface area contributed by atoms with Gasteiger partial charge in [0.2, 0.25) is 0 Å².